The van der Waals surface area contributed by atoms with Crippen LogP contribution in [0.25, 0.3) is 10.9 Å². The number of ether oxygens (including phenoxy) is 1. The van der Waals surface area contributed by atoms with Gasteiger partial charge in [0.15, 0.2) is 0 Å². The summed E-state index contributed by atoms with van der Waals surface area (Å²) < 4.78 is 5.18. The smallest absolute Gasteiger partial charge is 0.324 e. The number of hydrogen-bond acceptors (Lipinski definition) is 5. The number of anilines is 1. The van der Waals surface area contributed by atoms with E-state index in [-0.39, 0.29) is 24.8 Å². The summed E-state index contributed by atoms with van der Waals surface area (Å²) in [5.41, 5.74) is 2.29. The lowest BCUT2D eigenvalue weighted by atomic mass is 10.1. The third-order valence-corrected chi connectivity index (χ3v) is 5.14. The van der Waals surface area contributed by atoms with Gasteiger partial charge in [-0.25, -0.2) is 4.79 Å². The maximum Gasteiger partial charge on any atom is 0.324 e. The molecule has 0 radical (unpaired) electrons. The first-order valence-corrected chi connectivity index (χ1v) is 9.93. The number of imide groups is 1. The van der Waals surface area contributed by atoms with Crippen molar-refractivity contribution in [3.05, 3.63) is 66.4 Å². The topological polar surface area (TPSA) is 101 Å². The minimum Gasteiger partial charge on any atom is -0.497 e. The lowest BCUT2D eigenvalue weighted by Crippen LogP contribution is -2.34. The van der Waals surface area contributed by atoms with Crippen molar-refractivity contribution < 1.29 is 19.1 Å². The van der Waals surface area contributed by atoms with Crippen LogP contribution in [0.15, 0.2) is 60.8 Å². The molecule has 1 aliphatic heterocycles. The van der Waals surface area contributed by atoms with E-state index in [9.17, 15) is 14.4 Å². The fourth-order valence-electron chi connectivity index (χ4n) is 3.51. The number of urea groups is 1. The van der Waals surface area contributed by atoms with Gasteiger partial charge < -0.3 is 15.4 Å². The molecule has 0 saturated carbocycles. The fraction of sp³-hybridized carbons (Fsp3) is 0.217. The van der Waals surface area contributed by atoms with Crippen molar-refractivity contribution in [3.63, 3.8) is 0 Å². The lowest BCUT2D eigenvalue weighted by molar-refractivity contribution is -0.129. The summed E-state index contributed by atoms with van der Waals surface area (Å²) in [6, 6.07) is 15.5. The number of nitrogens with one attached hydrogen (secondary N) is 2. The Morgan fingerprint density at radius 1 is 1.16 bits per heavy atom. The van der Waals surface area contributed by atoms with Crippen LogP contribution >= 0.6 is 0 Å². The lowest BCUT2D eigenvalue weighted by Gasteiger charge is -2.13. The molecule has 2 aromatic carbocycles. The van der Waals surface area contributed by atoms with Gasteiger partial charge in [0.05, 0.1) is 30.9 Å². The van der Waals surface area contributed by atoms with E-state index in [2.05, 4.69) is 15.6 Å². The molecule has 1 aromatic heterocycles. The second-order valence-corrected chi connectivity index (χ2v) is 7.26. The molecule has 2 heterocycles. The van der Waals surface area contributed by atoms with E-state index in [1.165, 1.54) is 0 Å². The number of fused-ring (bicyclic) bond motifs is 1. The number of carbonyl (C=O) groups is 3. The molecule has 8 heteroatoms. The SMILES string of the molecule is COc1ccc2cc(NC(=O)C[C@@H]3NC(=O)N(CCc4ccccc4)C3=O)cnc2c1. The Balaban J connectivity index is 1.35. The maximum absolute atomic E-state index is 12.6. The number of aromatic nitrogens is 1. The van der Waals surface area contributed by atoms with Crippen LogP contribution in [0.2, 0.25) is 0 Å². The largest absolute Gasteiger partial charge is 0.497 e. The van der Waals surface area contributed by atoms with Gasteiger partial charge >= 0.3 is 6.03 Å². The first kappa shape index (κ1) is 20.3. The monoisotopic (exact) mass is 418 g/mol. The van der Waals surface area contributed by atoms with Crippen LogP contribution in [-0.2, 0) is 16.0 Å². The molecule has 3 aromatic rings. The van der Waals surface area contributed by atoms with E-state index in [1.807, 2.05) is 42.5 Å². The van der Waals surface area contributed by atoms with Crippen LogP contribution < -0.4 is 15.4 Å². The predicted octanol–water partition coefficient (Wildman–Crippen LogP) is 2.74. The second-order valence-electron chi connectivity index (χ2n) is 7.26. The van der Waals surface area contributed by atoms with Crippen LogP contribution in [0.3, 0.4) is 0 Å². The number of carbonyl (C=O) groups excluding carboxylic acids is 3. The van der Waals surface area contributed by atoms with Gasteiger partial charge in [-0.15, -0.1) is 0 Å². The highest BCUT2D eigenvalue weighted by atomic mass is 16.5. The Hall–Kier alpha value is -3.94. The van der Waals surface area contributed by atoms with Gasteiger partial charge in [0, 0.05) is 18.0 Å². The summed E-state index contributed by atoms with van der Waals surface area (Å²) in [6.07, 6.45) is 1.96. The third kappa shape index (κ3) is 4.63. The number of pyridine rings is 1. The van der Waals surface area contributed by atoms with Gasteiger partial charge in [0.25, 0.3) is 5.91 Å². The predicted molar refractivity (Wildman–Crippen MR) is 116 cm³/mol. The van der Waals surface area contributed by atoms with Gasteiger partial charge in [0.1, 0.15) is 11.8 Å². The minimum absolute atomic E-state index is 0.146. The van der Waals surface area contributed by atoms with Crippen molar-refractivity contribution in [2.75, 3.05) is 19.0 Å². The van der Waals surface area contributed by atoms with E-state index < -0.39 is 12.1 Å². The van der Waals surface area contributed by atoms with E-state index in [4.69, 9.17) is 4.74 Å². The molecule has 2 N–H and O–H groups in total. The zero-order chi connectivity index (χ0) is 21.8. The minimum atomic E-state index is -0.874. The van der Waals surface area contributed by atoms with Crippen LogP contribution in [0.1, 0.15) is 12.0 Å². The van der Waals surface area contributed by atoms with Crippen molar-refractivity contribution >= 4 is 34.4 Å². The molecule has 158 valence electrons. The molecule has 8 nitrogen and oxygen atoms in total. The molecule has 1 fully saturated rings. The van der Waals surface area contributed by atoms with Crippen molar-refractivity contribution in [1.29, 1.82) is 0 Å². The van der Waals surface area contributed by atoms with Crippen molar-refractivity contribution in [1.82, 2.24) is 15.2 Å². The zero-order valence-corrected chi connectivity index (χ0v) is 17.0. The van der Waals surface area contributed by atoms with Gasteiger partial charge in [0.2, 0.25) is 5.91 Å². The molecule has 0 aliphatic carbocycles. The fourth-order valence-corrected chi connectivity index (χ4v) is 3.51. The van der Waals surface area contributed by atoms with Gasteiger partial charge in [-0.05, 0) is 30.2 Å². The van der Waals surface area contributed by atoms with Gasteiger partial charge in [-0.1, -0.05) is 30.3 Å². The average molecular weight is 418 g/mol. The number of rotatable bonds is 7. The number of amides is 4. The zero-order valence-electron chi connectivity index (χ0n) is 17.0. The summed E-state index contributed by atoms with van der Waals surface area (Å²) in [4.78, 5) is 42.7. The van der Waals surface area contributed by atoms with E-state index >= 15 is 0 Å². The van der Waals surface area contributed by atoms with Crippen molar-refractivity contribution in [3.8, 4) is 5.75 Å². The van der Waals surface area contributed by atoms with Crippen molar-refractivity contribution in [2.45, 2.75) is 18.9 Å². The van der Waals surface area contributed by atoms with Crippen LogP contribution in [0, 0.1) is 0 Å². The highest BCUT2D eigenvalue weighted by Crippen LogP contribution is 2.22. The molecule has 4 rings (SSSR count). The Kier molecular flexibility index (Phi) is 5.79. The summed E-state index contributed by atoms with van der Waals surface area (Å²) in [7, 11) is 1.58. The van der Waals surface area contributed by atoms with Crippen LogP contribution in [-0.4, -0.2) is 47.4 Å². The van der Waals surface area contributed by atoms with E-state index in [0.717, 1.165) is 21.4 Å². The Morgan fingerprint density at radius 2 is 1.97 bits per heavy atom. The summed E-state index contributed by atoms with van der Waals surface area (Å²) >= 11 is 0. The molecule has 1 atom stereocenters. The Morgan fingerprint density at radius 3 is 2.74 bits per heavy atom. The first-order chi connectivity index (χ1) is 15.0. The van der Waals surface area contributed by atoms with Crippen LogP contribution in [0.4, 0.5) is 10.5 Å². The van der Waals surface area contributed by atoms with Gasteiger partial charge in [-0.2, -0.15) is 0 Å². The third-order valence-electron chi connectivity index (χ3n) is 5.14. The molecule has 1 aliphatic rings. The number of benzene rings is 2. The average Bonchev–Trinajstić information content (AvgIpc) is 3.04. The normalized spacial score (nSPS) is 15.8. The molecule has 31 heavy (non-hydrogen) atoms. The number of hydrogen-bond donors (Lipinski definition) is 2. The Bertz CT molecular complexity index is 1130. The number of nitrogens with zero attached hydrogens (tertiary/aromatic N) is 2. The maximum atomic E-state index is 12.6. The Labute approximate surface area is 179 Å². The molecular formula is C23H22N4O4. The summed E-state index contributed by atoms with van der Waals surface area (Å²) in [5.74, 6) is -0.0675. The van der Waals surface area contributed by atoms with E-state index in [1.54, 1.807) is 25.4 Å². The molecule has 1 saturated heterocycles. The quantitative estimate of drug-likeness (QED) is 0.575. The summed E-state index contributed by atoms with van der Waals surface area (Å²) in [6.45, 7) is 0.269. The summed E-state index contributed by atoms with van der Waals surface area (Å²) in [5, 5.41) is 6.18. The second kappa shape index (κ2) is 8.83. The van der Waals surface area contributed by atoms with Gasteiger partial charge in [-0.3, -0.25) is 19.5 Å². The van der Waals surface area contributed by atoms with E-state index in [0.29, 0.717) is 17.9 Å². The van der Waals surface area contributed by atoms with Crippen molar-refractivity contribution in [2.24, 2.45) is 0 Å². The number of methoxy groups -OCH3 is 1. The molecule has 0 bridgehead atoms. The molecule has 0 unspecified atom stereocenters. The molecule has 0 spiro atoms. The highest BCUT2D eigenvalue weighted by molar-refractivity contribution is 6.07. The van der Waals surface area contributed by atoms with Crippen LogP contribution in [0.5, 0.6) is 5.75 Å². The molecule has 4 amide bonds. The standard InChI is InChI=1S/C23H22N4O4/c1-31-18-8-7-16-11-17(14-24-19(16)12-18)25-21(28)13-20-22(29)27(23(30)26-20)10-9-15-5-3-2-4-6-15/h2-8,11-12,14,20H,9-10,13H2,1H3,(H,25,28)(H,26,30)/t20-/m0/s1. The highest BCUT2D eigenvalue weighted by Gasteiger charge is 2.38. The molecular weight excluding hydrogens is 396 g/mol. The first-order valence-electron chi connectivity index (χ1n) is 9.93.